The topological polar surface area (TPSA) is 166 Å². The lowest BCUT2D eigenvalue weighted by Crippen LogP contribution is -2.48. The number of aliphatic hydroxyl groups excluding tert-OH is 1. The summed E-state index contributed by atoms with van der Waals surface area (Å²) in [7, 11) is -3.15. The van der Waals surface area contributed by atoms with Gasteiger partial charge in [0.1, 0.15) is 0 Å². The Morgan fingerprint density at radius 1 is 1.10 bits per heavy atom. The van der Waals surface area contributed by atoms with Gasteiger partial charge >= 0.3 is 0 Å². The van der Waals surface area contributed by atoms with E-state index in [1.165, 1.54) is 12.1 Å². The molecule has 3 N–H and O–H groups in total. The number of benzene rings is 3. The molecule has 4 aliphatic heterocycles. The zero-order valence-corrected chi connectivity index (χ0v) is 29.9. The van der Waals surface area contributed by atoms with Crippen LogP contribution in [0.2, 0.25) is 18.6 Å². The Hall–Kier alpha value is -4.47. The minimum absolute atomic E-state index is 0.0538. The van der Waals surface area contributed by atoms with E-state index in [-0.39, 0.29) is 43.6 Å². The molecule has 7 rings (SSSR count). The number of anilines is 2. The van der Waals surface area contributed by atoms with E-state index in [0.717, 1.165) is 16.7 Å². The van der Waals surface area contributed by atoms with Crippen molar-refractivity contribution in [2.45, 2.75) is 69.2 Å². The number of hydrogen-bond donors (Lipinski definition) is 3. The van der Waals surface area contributed by atoms with Crippen LogP contribution in [0, 0.1) is 16.0 Å². The normalized spacial score (nSPS) is 26.1. The first-order valence-corrected chi connectivity index (χ1v) is 20.4. The summed E-state index contributed by atoms with van der Waals surface area (Å²) in [4.78, 5) is 69.9. The van der Waals surface area contributed by atoms with Gasteiger partial charge in [-0.05, 0) is 54.4 Å². The zero-order valence-electron chi connectivity index (χ0n) is 28.9. The van der Waals surface area contributed by atoms with Gasteiger partial charge in [0.2, 0.25) is 11.8 Å². The van der Waals surface area contributed by atoms with Gasteiger partial charge in [-0.3, -0.25) is 24.5 Å². The Morgan fingerprint density at radius 2 is 1.86 bits per heavy atom. The Kier molecular flexibility index (Phi) is 9.08. The maximum atomic E-state index is 14.9. The van der Waals surface area contributed by atoms with Crippen LogP contribution in [-0.4, -0.2) is 84.2 Å². The van der Waals surface area contributed by atoms with Crippen LogP contribution in [0.15, 0.2) is 66.7 Å². The lowest BCUT2D eigenvalue weighted by Gasteiger charge is -2.37. The monoisotopic (exact) mass is 713 g/mol. The average molecular weight is 714 g/mol. The molecule has 3 aromatic rings. The highest BCUT2D eigenvalue weighted by Crippen LogP contribution is 2.60. The van der Waals surface area contributed by atoms with Crippen molar-refractivity contribution in [2.24, 2.45) is 5.92 Å². The molecule has 3 amide bonds. The fourth-order valence-electron chi connectivity index (χ4n) is 8.75. The molecule has 2 fully saturated rings. The molecule has 4 aliphatic rings. The molecule has 268 valence electrons. The summed E-state index contributed by atoms with van der Waals surface area (Å²) in [6.07, 6.45) is -0.499. The number of non-ortho nitro benzene ring substituents is 1. The number of ether oxygens (including phenoxy) is 1. The van der Waals surface area contributed by atoms with Gasteiger partial charge in [-0.2, -0.15) is 0 Å². The van der Waals surface area contributed by atoms with E-state index in [1.807, 2.05) is 55.5 Å². The first-order chi connectivity index (χ1) is 24.3. The quantitative estimate of drug-likeness (QED) is 0.181. The highest BCUT2D eigenvalue weighted by molar-refractivity contribution is 6.71. The molecule has 13 nitrogen and oxygen atoms in total. The van der Waals surface area contributed by atoms with Crippen molar-refractivity contribution in [3.63, 3.8) is 0 Å². The summed E-state index contributed by atoms with van der Waals surface area (Å²) in [5.74, 6) is -1.38. The first kappa shape index (κ1) is 35.0. The van der Waals surface area contributed by atoms with Crippen molar-refractivity contribution in [1.82, 2.24) is 10.2 Å². The summed E-state index contributed by atoms with van der Waals surface area (Å²) < 4.78 is 6.83. The van der Waals surface area contributed by atoms with E-state index < -0.39 is 48.4 Å². The number of nitro groups is 1. The number of aliphatic hydroxyl groups is 1. The predicted octanol–water partition coefficient (Wildman–Crippen LogP) is 3.21. The van der Waals surface area contributed by atoms with Crippen LogP contribution in [-0.2, 0) is 44.2 Å². The number of amides is 3. The van der Waals surface area contributed by atoms with Crippen molar-refractivity contribution in [2.75, 3.05) is 36.0 Å². The molecule has 0 unspecified atom stereocenters. The molecule has 0 bridgehead atoms. The molecule has 1 spiro atoms. The number of rotatable bonds is 8. The van der Waals surface area contributed by atoms with Crippen LogP contribution < -0.4 is 15.1 Å². The van der Waals surface area contributed by atoms with Crippen LogP contribution >= 0.6 is 0 Å². The number of fused-ring (bicyclic) bond motifs is 3. The minimum atomic E-state index is -3.15. The second-order valence-electron chi connectivity index (χ2n) is 14.6. The maximum Gasteiger partial charge on any atom is 0.269 e. The third-order valence-electron chi connectivity index (χ3n) is 11.1. The van der Waals surface area contributed by atoms with Crippen molar-refractivity contribution < 1.29 is 33.9 Å². The summed E-state index contributed by atoms with van der Waals surface area (Å²) in [5, 5.41) is 25.4. The van der Waals surface area contributed by atoms with Crippen LogP contribution in [0.3, 0.4) is 0 Å². The summed E-state index contributed by atoms with van der Waals surface area (Å²) >= 11 is 0. The molecule has 14 heteroatoms. The third kappa shape index (κ3) is 6.04. The third-order valence-corrected chi connectivity index (χ3v) is 13.6. The van der Waals surface area contributed by atoms with E-state index >= 15 is 0 Å². The second kappa shape index (κ2) is 13.3. The average Bonchev–Trinajstić information content (AvgIpc) is 3.53. The van der Waals surface area contributed by atoms with Crippen LogP contribution in [0.5, 0.6) is 0 Å². The molecule has 4 heterocycles. The maximum absolute atomic E-state index is 14.9. The first-order valence-electron chi connectivity index (χ1n) is 17.4. The number of nitrogens with one attached hydrogen (secondary N) is 1. The van der Waals surface area contributed by atoms with E-state index in [1.54, 1.807) is 33.9 Å². The summed E-state index contributed by atoms with van der Waals surface area (Å²) in [5.41, 5.74) is 1.85. The molecular weight excluding hydrogens is 671 g/mol. The Morgan fingerprint density at radius 3 is 2.57 bits per heavy atom. The Balaban J connectivity index is 1.24. The Labute approximate surface area is 297 Å². The van der Waals surface area contributed by atoms with Crippen LogP contribution in [0.25, 0.3) is 0 Å². The lowest BCUT2D eigenvalue weighted by molar-refractivity contribution is -0.385. The fourth-order valence-corrected chi connectivity index (χ4v) is 11.3. The molecule has 5 atom stereocenters. The number of nitrogens with zero attached hydrogens (tertiary/aromatic N) is 4. The highest BCUT2D eigenvalue weighted by atomic mass is 28.4. The molecule has 0 saturated carbocycles. The van der Waals surface area contributed by atoms with Crippen molar-refractivity contribution >= 4 is 43.1 Å². The largest absolute Gasteiger partial charge is 0.432 e. The number of nitro benzene ring substituents is 1. The van der Waals surface area contributed by atoms with Gasteiger partial charge in [0, 0.05) is 54.5 Å². The number of piperazine rings is 1. The van der Waals surface area contributed by atoms with Crippen molar-refractivity contribution in [1.29, 1.82) is 0 Å². The van der Waals surface area contributed by atoms with Gasteiger partial charge in [0.05, 0.1) is 48.9 Å². The summed E-state index contributed by atoms with van der Waals surface area (Å²) in [6, 6.07) is 19.1. The van der Waals surface area contributed by atoms with E-state index in [2.05, 4.69) is 5.32 Å². The molecular formula is C37H43N5O8Si. The second-order valence-corrected chi connectivity index (χ2v) is 18.6. The zero-order chi connectivity index (χ0) is 36.2. The van der Waals surface area contributed by atoms with Crippen LogP contribution in [0.4, 0.5) is 17.1 Å². The van der Waals surface area contributed by atoms with Gasteiger partial charge < -0.3 is 34.7 Å². The van der Waals surface area contributed by atoms with Crippen molar-refractivity contribution in [3.05, 3.63) is 99.1 Å². The van der Waals surface area contributed by atoms with Crippen LogP contribution in [0.1, 0.15) is 35.6 Å². The predicted molar refractivity (Wildman–Crippen MR) is 191 cm³/mol. The van der Waals surface area contributed by atoms with E-state index in [0.29, 0.717) is 43.0 Å². The standard InChI is InChI=1S/C37H43N5O8Si/c1-23-35(51(2,3)49)32(18-33(44)40-21-26-9-5-4-8-25(26)16-29(40)22-43)50-37(23)30-17-28(42(47)48)11-12-31(30)41(36(37)46)20-24-7-6-10-27(15-24)39-14-13-38-19-34(39)45/h4-12,15,17,23,29,32,35,38,43,49H,13-14,16,18-22H2,1-3H3/t23-,29+,32+,35-,37+/m1/s1. The minimum Gasteiger partial charge on any atom is -0.432 e. The Bertz CT molecular complexity index is 1900. The highest BCUT2D eigenvalue weighted by Gasteiger charge is 2.66. The molecule has 0 aromatic heterocycles. The number of hydrogen-bond acceptors (Lipinski definition) is 9. The van der Waals surface area contributed by atoms with Gasteiger partial charge in [0.15, 0.2) is 13.9 Å². The SMILES string of the molecule is C[C@@H]1[C@@H]([Si](C)(C)O)[C@H](CC(=O)N2Cc3ccccc3C[C@H]2CO)O[C@@]12C(=O)N(Cc1cccc(N3CCNCC3=O)c1)c1ccc([N+](=O)[O-])cc12. The fraction of sp³-hybridized carbons (Fsp3) is 0.432. The number of carbonyl (C=O) groups is 3. The van der Waals surface area contributed by atoms with E-state index in [9.17, 15) is 34.4 Å². The lowest BCUT2D eigenvalue weighted by atomic mass is 9.82. The van der Waals surface area contributed by atoms with E-state index in [4.69, 9.17) is 4.74 Å². The molecule has 0 radical (unpaired) electrons. The van der Waals surface area contributed by atoms with Gasteiger partial charge in [0.25, 0.3) is 11.6 Å². The smallest absolute Gasteiger partial charge is 0.269 e. The van der Waals surface area contributed by atoms with Crippen molar-refractivity contribution in [3.8, 4) is 0 Å². The number of carbonyl (C=O) groups excluding carboxylic acids is 3. The molecule has 51 heavy (non-hydrogen) atoms. The van der Waals surface area contributed by atoms with Gasteiger partial charge in [-0.15, -0.1) is 0 Å². The molecule has 3 aromatic carbocycles. The van der Waals surface area contributed by atoms with Gasteiger partial charge in [-0.25, -0.2) is 0 Å². The molecule has 2 saturated heterocycles. The van der Waals surface area contributed by atoms with Gasteiger partial charge in [-0.1, -0.05) is 43.3 Å². The summed E-state index contributed by atoms with van der Waals surface area (Å²) in [6.45, 7) is 6.96. The molecule has 0 aliphatic carbocycles.